The van der Waals surface area contributed by atoms with Crippen LogP contribution in [0.4, 0.5) is 0 Å². The van der Waals surface area contributed by atoms with Crippen molar-refractivity contribution >= 4 is 23.2 Å². The van der Waals surface area contributed by atoms with Gasteiger partial charge < -0.3 is 14.8 Å². The highest BCUT2D eigenvalue weighted by Gasteiger charge is 2.01. The second kappa shape index (κ2) is 10.3. The molecule has 1 N–H and O–H groups in total. The van der Waals surface area contributed by atoms with Crippen LogP contribution in [0.1, 0.15) is 19.8 Å². The summed E-state index contributed by atoms with van der Waals surface area (Å²) in [5.41, 5.74) is 0. The maximum Gasteiger partial charge on any atom is 0.138 e. The molecule has 0 heterocycles. The van der Waals surface area contributed by atoms with Gasteiger partial charge in [0.25, 0.3) is 0 Å². The van der Waals surface area contributed by atoms with Gasteiger partial charge in [0.15, 0.2) is 0 Å². The second-order valence-corrected chi connectivity index (χ2v) is 4.98. The summed E-state index contributed by atoms with van der Waals surface area (Å²) >= 11 is 11.8. The highest BCUT2D eigenvalue weighted by atomic mass is 35.5. The quantitative estimate of drug-likeness (QED) is 0.667. The average molecular weight is 306 g/mol. The fourth-order valence-electron chi connectivity index (χ4n) is 1.44. The molecule has 0 saturated carbocycles. The minimum Gasteiger partial charge on any atom is -0.491 e. The van der Waals surface area contributed by atoms with Crippen molar-refractivity contribution in [3.8, 4) is 5.75 Å². The summed E-state index contributed by atoms with van der Waals surface area (Å²) in [6.07, 6.45) is 2.29. The molecule has 1 aromatic carbocycles. The van der Waals surface area contributed by atoms with Crippen molar-refractivity contribution in [3.63, 3.8) is 0 Å². The van der Waals surface area contributed by atoms with Gasteiger partial charge in [0.1, 0.15) is 12.4 Å². The number of rotatable bonds is 10. The van der Waals surface area contributed by atoms with Crippen LogP contribution in [0.2, 0.25) is 10.0 Å². The van der Waals surface area contributed by atoms with E-state index in [1.165, 1.54) is 6.42 Å². The Morgan fingerprint density at radius 2 is 1.89 bits per heavy atom. The second-order valence-electron chi connectivity index (χ2n) is 4.14. The van der Waals surface area contributed by atoms with Gasteiger partial charge >= 0.3 is 0 Å². The van der Waals surface area contributed by atoms with Crippen LogP contribution in [0.3, 0.4) is 0 Å². The smallest absolute Gasteiger partial charge is 0.138 e. The topological polar surface area (TPSA) is 30.5 Å². The molecule has 0 aromatic heterocycles. The summed E-state index contributed by atoms with van der Waals surface area (Å²) in [4.78, 5) is 0. The van der Waals surface area contributed by atoms with Crippen LogP contribution in [0, 0.1) is 0 Å². The Morgan fingerprint density at radius 1 is 1.11 bits per heavy atom. The first-order valence-corrected chi connectivity index (χ1v) is 7.36. The lowest BCUT2D eigenvalue weighted by Gasteiger charge is -2.09. The number of ether oxygens (including phenoxy) is 2. The SMILES string of the molecule is CCCCOCCNCCOc1ccc(Cl)cc1Cl. The lowest BCUT2D eigenvalue weighted by Crippen LogP contribution is -2.25. The van der Waals surface area contributed by atoms with Crippen molar-refractivity contribution in [2.45, 2.75) is 19.8 Å². The molecule has 1 aromatic rings. The van der Waals surface area contributed by atoms with Crippen LogP contribution < -0.4 is 10.1 Å². The van der Waals surface area contributed by atoms with Crippen molar-refractivity contribution in [2.75, 3.05) is 32.9 Å². The van der Waals surface area contributed by atoms with Gasteiger partial charge in [-0.05, 0) is 24.6 Å². The van der Waals surface area contributed by atoms with Crippen LogP contribution in [0.5, 0.6) is 5.75 Å². The first-order valence-electron chi connectivity index (χ1n) is 6.60. The Morgan fingerprint density at radius 3 is 2.63 bits per heavy atom. The number of nitrogens with one attached hydrogen (secondary N) is 1. The molecule has 0 radical (unpaired) electrons. The monoisotopic (exact) mass is 305 g/mol. The molecule has 19 heavy (non-hydrogen) atoms. The summed E-state index contributed by atoms with van der Waals surface area (Å²) < 4.78 is 11.0. The minimum absolute atomic E-state index is 0.537. The van der Waals surface area contributed by atoms with E-state index in [0.717, 1.165) is 32.7 Å². The van der Waals surface area contributed by atoms with Crippen molar-refractivity contribution < 1.29 is 9.47 Å². The van der Waals surface area contributed by atoms with E-state index in [2.05, 4.69) is 12.2 Å². The fourth-order valence-corrected chi connectivity index (χ4v) is 1.91. The standard InChI is InChI=1S/C14H21Cl2NO2/c1-2-3-8-18-9-6-17-7-10-19-14-5-4-12(15)11-13(14)16/h4-5,11,17H,2-3,6-10H2,1H3. The molecule has 108 valence electrons. The summed E-state index contributed by atoms with van der Waals surface area (Å²) in [7, 11) is 0. The Balaban J connectivity index is 2.01. The normalized spacial score (nSPS) is 10.7. The summed E-state index contributed by atoms with van der Waals surface area (Å²) in [6.45, 7) is 5.89. The zero-order valence-electron chi connectivity index (χ0n) is 11.3. The van der Waals surface area contributed by atoms with Crippen LogP contribution in [0.25, 0.3) is 0 Å². The molecule has 0 fully saturated rings. The molecule has 0 saturated heterocycles. The number of hydrogen-bond donors (Lipinski definition) is 1. The molecule has 0 aliphatic heterocycles. The van der Waals surface area contributed by atoms with E-state index in [0.29, 0.717) is 22.4 Å². The molecular weight excluding hydrogens is 285 g/mol. The molecule has 3 nitrogen and oxygen atoms in total. The molecule has 0 atom stereocenters. The highest BCUT2D eigenvalue weighted by Crippen LogP contribution is 2.27. The first-order chi connectivity index (χ1) is 9.24. The highest BCUT2D eigenvalue weighted by molar-refractivity contribution is 6.35. The Bertz CT molecular complexity index is 361. The Labute approximate surface area is 125 Å². The van der Waals surface area contributed by atoms with E-state index in [1.54, 1.807) is 18.2 Å². The van der Waals surface area contributed by atoms with Gasteiger partial charge in [0.2, 0.25) is 0 Å². The van der Waals surface area contributed by atoms with E-state index in [4.69, 9.17) is 32.7 Å². The molecule has 0 unspecified atom stereocenters. The van der Waals surface area contributed by atoms with E-state index in [1.807, 2.05) is 0 Å². The van der Waals surface area contributed by atoms with E-state index in [-0.39, 0.29) is 0 Å². The number of unbranched alkanes of at least 4 members (excludes halogenated alkanes) is 1. The fraction of sp³-hybridized carbons (Fsp3) is 0.571. The third-order valence-corrected chi connectivity index (χ3v) is 3.03. The Kier molecular flexibility index (Phi) is 9.01. The largest absolute Gasteiger partial charge is 0.491 e. The van der Waals surface area contributed by atoms with Gasteiger partial charge in [-0.3, -0.25) is 0 Å². The zero-order chi connectivity index (χ0) is 13.9. The zero-order valence-corrected chi connectivity index (χ0v) is 12.8. The van der Waals surface area contributed by atoms with Crippen molar-refractivity contribution in [1.29, 1.82) is 0 Å². The summed E-state index contributed by atoms with van der Waals surface area (Å²) in [5.74, 6) is 0.659. The number of hydrogen-bond acceptors (Lipinski definition) is 3. The summed E-state index contributed by atoms with van der Waals surface area (Å²) in [5, 5.41) is 4.39. The molecule has 0 bridgehead atoms. The lowest BCUT2D eigenvalue weighted by molar-refractivity contribution is 0.132. The van der Waals surface area contributed by atoms with Gasteiger partial charge in [0, 0.05) is 24.7 Å². The number of halogens is 2. The molecule has 0 spiro atoms. The predicted molar refractivity (Wildman–Crippen MR) is 80.6 cm³/mol. The lowest BCUT2D eigenvalue weighted by atomic mass is 10.3. The van der Waals surface area contributed by atoms with Gasteiger partial charge in [-0.15, -0.1) is 0 Å². The van der Waals surface area contributed by atoms with E-state index in [9.17, 15) is 0 Å². The van der Waals surface area contributed by atoms with Gasteiger partial charge in [-0.2, -0.15) is 0 Å². The molecule has 0 aliphatic carbocycles. The van der Waals surface area contributed by atoms with Crippen LogP contribution in [0.15, 0.2) is 18.2 Å². The number of benzene rings is 1. The van der Waals surface area contributed by atoms with E-state index >= 15 is 0 Å². The molecule has 0 aliphatic rings. The van der Waals surface area contributed by atoms with Crippen molar-refractivity contribution in [1.82, 2.24) is 5.32 Å². The maximum absolute atomic E-state index is 5.99. The van der Waals surface area contributed by atoms with Gasteiger partial charge in [-0.25, -0.2) is 0 Å². The molecule has 0 amide bonds. The van der Waals surface area contributed by atoms with Crippen LogP contribution in [-0.4, -0.2) is 32.9 Å². The van der Waals surface area contributed by atoms with Crippen LogP contribution in [-0.2, 0) is 4.74 Å². The van der Waals surface area contributed by atoms with Gasteiger partial charge in [0.05, 0.1) is 11.6 Å². The van der Waals surface area contributed by atoms with Crippen LogP contribution >= 0.6 is 23.2 Å². The molecular formula is C14H21Cl2NO2. The van der Waals surface area contributed by atoms with E-state index < -0.39 is 0 Å². The maximum atomic E-state index is 5.99. The van der Waals surface area contributed by atoms with Crippen molar-refractivity contribution in [3.05, 3.63) is 28.2 Å². The van der Waals surface area contributed by atoms with Crippen molar-refractivity contribution in [2.24, 2.45) is 0 Å². The van der Waals surface area contributed by atoms with Gasteiger partial charge in [-0.1, -0.05) is 36.5 Å². The third-order valence-electron chi connectivity index (χ3n) is 2.50. The third kappa shape index (κ3) is 7.63. The average Bonchev–Trinajstić information content (AvgIpc) is 2.39. The predicted octanol–water partition coefficient (Wildman–Crippen LogP) is 3.78. The first kappa shape index (κ1) is 16.6. The molecule has 5 heteroatoms. The summed E-state index contributed by atoms with van der Waals surface area (Å²) in [6, 6.07) is 5.21. The molecule has 1 rings (SSSR count). The Hall–Kier alpha value is -0.480. The minimum atomic E-state index is 0.537.